The van der Waals surface area contributed by atoms with Crippen LogP contribution in [0.4, 0.5) is 0 Å². The lowest BCUT2D eigenvalue weighted by Gasteiger charge is -2.43. The maximum Gasteiger partial charge on any atom is 0.298 e. The Morgan fingerprint density at radius 1 is 0.840 bits per heavy atom. The van der Waals surface area contributed by atoms with Crippen molar-refractivity contribution in [2.24, 2.45) is 0 Å². The lowest BCUT2D eigenvalue weighted by molar-refractivity contribution is -0.125. The molecule has 3 nitrogen and oxygen atoms in total. The quantitative estimate of drug-likeness (QED) is 0.364. The zero-order valence-electron chi connectivity index (χ0n) is 17.1. The van der Waals surface area contributed by atoms with E-state index >= 15 is 0 Å². The van der Waals surface area contributed by atoms with Crippen molar-refractivity contribution in [3.8, 4) is 0 Å². The van der Waals surface area contributed by atoms with E-state index < -0.39 is 8.32 Å². The third-order valence-corrected chi connectivity index (χ3v) is 11.5. The van der Waals surface area contributed by atoms with Gasteiger partial charge in [0.25, 0.3) is 14.8 Å². The van der Waals surface area contributed by atoms with E-state index in [4.69, 9.17) is 9.16 Å². The fraction of sp³-hybridized carbons (Fsp3) is 0.762. The Labute approximate surface area is 156 Å². The molecule has 0 amide bonds. The van der Waals surface area contributed by atoms with Gasteiger partial charge in [0.15, 0.2) is 0 Å². The van der Waals surface area contributed by atoms with Crippen molar-refractivity contribution in [3.63, 3.8) is 0 Å². The van der Waals surface area contributed by atoms with Crippen LogP contribution in [0.1, 0.15) is 86.5 Å². The van der Waals surface area contributed by atoms with Crippen molar-refractivity contribution in [2.45, 2.75) is 103 Å². The van der Waals surface area contributed by atoms with E-state index in [2.05, 4.69) is 53.7 Å². The fourth-order valence-electron chi connectivity index (χ4n) is 4.29. The van der Waals surface area contributed by atoms with Gasteiger partial charge in [-0.1, -0.05) is 41.5 Å². The van der Waals surface area contributed by atoms with Gasteiger partial charge in [-0.05, 0) is 60.9 Å². The molecule has 0 heterocycles. The second-order valence-corrected chi connectivity index (χ2v) is 13.5. The van der Waals surface area contributed by atoms with Gasteiger partial charge in [-0.3, -0.25) is 4.79 Å². The van der Waals surface area contributed by atoms with Crippen molar-refractivity contribution in [1.82, 2.24) is 0 Å². The lowest BCUT2D eigenvalue weighted by atomic mass is 10.1. The summed E-state index contributed by atoms with van der Waals surface area (Å²) in [5.74, 6) is 2.04. The number of carbonyl (C=O) groups excluding carboxylic acids is 1. The summed E-state index contributed by atoms with van der Waals surface area (Å²) in [4.78, 5) is 10.6. The summed E-state index contributed by atoms with van der Waals surface area (Å²) in [6.45, 7) is 14.6. The molecule has 0 atom stereocenters. The van der Waals surface area contributed by atoms with E-state index in [1.165, 1.54) is 5.76 Å². The topological polar surface area (TPSA) is 35.5 Å². The summed E-state index contributed by atoms with van der Waals surface area (Å²) < 4.78 is 12.0. The molecule has 25 heavy (non-hydrogen) atoms. The number of rotatable bonds is 7. The highest BCUT2D eigenvalue weighted by atomic mass is 28.4. The van der Waals surface area contributed by atoms with Crippen molar-refractivity contribution >= 4 is 14.8 Å². The van der Waals surface area contributed by atoms with Crippen LogP contribution in [-0.4, -0.2) is 14.8 Å². The smallest absolute Gasteiger partial charge is 0.298 e. The Bertz CT molecular complexity index is 442. The van der Waals surface area contributed by atoms with E-state index in [0.717, 1.165) is 50.7 Å². The molecular weight excluding hydrogens is 328 g/mol. The molecule has 0 aromatic rings. The molecule has 0 fully saturated rings. The Morgan fingerprint density at radius 2 is 1.32 bits per heavy atom. The van der Waals surface area contributed by atoms with E-state index in [-0.39, 0.29) is 0 Å². The van der Waals surface area contributed by atoms with E-state index in [9.17, 15) is 4.79 Å². The van der Waals surface area contributed by atoms with Crippen LogP contribution >= 0.6 is 0 Å². The van der Waals surface area contributed by atoms with Crippen LogP contribution < -0.4 is 0 Å². The highest BCUT2D eigenvalue weighted by molar-refractivity contribution is 6.77. The molecule has 144 valence electrons. The second kappa shape index (κ2) is 10.8. The first-order valence-electron chi connectivity index (χ1n) is 10.0. The summed E-state index contributed by atoms with van der Waals surface area (Å²) in [6.07, 6.45) is 11.4. The van der Waals surface area contributed by atoms with Crippen LogP contribution in [-0.2, 0) is 14.0 Å². The monoisotopic (exact) mass is 366 g/mol. The van der Waals surface area contributed by atoms with Gasteiger partial charge in [-0.2, -0.15) is 0 Å². The van der Waals surface area contributed by atoms with E-state index in [1.807, 2.05) is 0 Å². The van der Waals surface area contributed by atoms with Crippen molar-refractivity contribution in [3.05, 3.63) is 23.7 Å². The fourth-order valence-corrected chi connectivity index (χ4v) is 9.64. The maximum atomic E-state index is 10.6. The molecule has 0 saturated carbocycles. The van der Waals surface area contributed by atoms with Crippen molar-refractivity contribution in [1.29, 1.82) is 0 Å². The maximum absolute atomic E-state index is 10.6. The van der Waals surface area contributed by atoms with E-state index in [0.29, 0.717) is 23.1 Å². The Kier molecular flexibility index (Phi) is 9.55. The Morgan fingerprint density at radius 3 is 1.80 bits per heavy atom. The van der Waals surface area contributed by atoms with Crippen LogP contribution in [0.25, 0.3) is 0 Å². The minimum atomic E-state index is -1.87. The SMILES string of the molecule is CC(C)[Si](O/C1=C/CCC/C=C(/OC=O)CCCC1)(C(C)C)C(C)C. The summed E-state index contributed by atoms with van der Waals surface area (Å²) in [5, 5.41) is 0. The van der Waals surface area contributed by atoms with Gasteiger partial charge in [0.2, 0.25) is 0 Å². The molecule has 0 saturated heterocycles. The van der Waals surface area contributed by atoms with Gasteiger partial charge < -0.3 is 9.16 Å². The largest absolute Gasteiger partial charge is 0.546 e. The van der Waals surface area contributed by atoms with Gasteiger partial charge in [-0.15, -0.1) is 0 Å². The number of allylic oxidation sites excluding steroid dienone is 4. The molecular formula is C21H38O3Si. The average molecular weight is 367 g/mol. The van der Waals surface area contributed by atoms with Crippen LogP contribution in [0.2, 0.25) is 16.6 Å². The predicted octanol–water partition coefficient (Wildman–Crippen LogP) is 6.86. The van der Waals surface area contributed by atoms with Crippen LogP contribution in [0.15, 0.2) is 23.7 Å². The van der Waals surface area contributed by atoms with Gasteiger partial charge in [0, 0.05) is 12.8 Å². The molecule has 0 aromatic carbocycles. The summed E-state index contributed by atoms with van der Waals surface area (Å²) >= 11 is 0. The van der Waals surface area contributed by atoms with Gasteiger partial charge in [0.05, 0.1) is 5.76 Å². The molecule has 4 heteroatoms. The first-order valence-corrected chi connectivity index (χ1v) is 12.2. The van der Waals surface area contributed by atoms with Gasteiger partial charge >= 0.3 is 0 Å². The minimum absolute atomic E-state index is 0.548. The third kappa shape index (κ3) is 6.32. The van der Waals surface area contributed by atoms with Crippen LogP contribution in [0.3, 0.4) is 0 Å². The first kappa shape index (κ1) is 22.0. The minimum Gasteiger partial charge on any atom is -0.546 e. The summed E-state index contributed by atoms with van der Waals surface area (Å²) in [6, 6.07) is 0. The highest BCUT2D eigenvalue weighted by Crippen LogP contribution is 2.44. The molecule has 0 spiro atoms. The number of ether oxygens (including phenoxy) is 1. The van der Waals surface area contributed by atoms with E-state index in [1.54, 1.807) is 0 Å². The number of hydrogen-bond acceptors (Lipinski definition) is 3. The first-order chi connectivity index (χ1) is 11.8. The molecule has 0 N–H and O–H groups in total. The average Bonchev–Trinajstić information content (AvgIpc) is 2.57. The zero-order valence-corrected chi connectivity index (χ0v) is 18.1. The number of hydrogen-bond donors (Lipinski definition) is 0. The van der Waals surface area contributed by atoms with Crippen molar-refractivity contribution in [2.75, 3.05) is 0 Å². The second-order valence-electron chi connectivity index (χ2n) is 8.11. The predicted molar refractivity (Wildman–Crippen MR) is 108 cm³/mol. The molecule has 0 bridgehead atoms. The zero-order chi connectivity index (χ0) is 18.9. The molecule has 1 aliphatic rings. The Hall–Kier alpha value is -1.03. The molecule has 0 unspecified atom stereocenters. The van der Waals surface area contributed by atoms with Crippen molar-refractivity contribution < 1.29 is 14.0 Å². The molecule has 1 rings (SSSR count). The summed E-state index contributed by atoms with van der Waals surface area (Å²) in [7, 11) is -1.87. The molecule has 0 aliphatic heterocycles. The van der Waals surface area contributed by atoms with Crippen LogP contribution in [0, 0.1) is 0 Å². The normalized spacial score (nSPS) is 22.0. The standard InChI is InChI=1S/C21H38O3Si/c1-17(2)25(18(3)4,19(5)6)24-21-14-9-7-8-12-20(23-16-22)13-10-11-15-21/h12,14,16-19H,7-11,13,15H2,1-6H3/b20-12+,21-14+. The third-order valence-electron chi connectivity index (χ3n) is 5.46. The Balaban J connectivity index is 2.87. The molecule has 0 radical (unpaired) electrons. The van der Waals surface area contributed by atoms with Gasteiger partial charge in [-0.25, -0.2) is 0 Å². The molecule has 0 aromatic heterocycles. The number of carbonyl (C=O) groups is 1. The lowest BCUT2D eigenvalue weighted by Crippen LogP contribution is -2.47. The summed E-state index contributed by atoms with van der Waals surface area (Å²) in [5.41, 5.74) is 1.79. The van der Waals surface area contributed by atoms with Gasteiger partial charge in [0.1, 0.15) is 5.76 Å². The highest BCUT2D eigenvalue weighted by Gasteiger charge is 2.47. The molecule has 1 aliphatic carbocycles. The van der Waals surface area contributed by atoms with Crippen LogP contribution in [0.5, 0.6) is 0 Å².